The maximum absolute atomic E-state index is 12.0. The van der Waals surface area contributed by atoms with Gasteiger partial charge in [0.15, 0.2) is 11.3 Å². The molecule has 1 aliphatic heterocycles. The highest BCUT2D eigenvalue weighted by Crippen LogP contribution is 2.11. The molecule has 3 heterocycles. The number of halogens is 1. The summed E-state index contributed by atoms with van der Waals surface area (Å²) in [7, 11) is 0. The van der Waals surface area contributed by atoms with Crippen molar-refractivity contribution in [3.63, 3.8) is 0 Å². The molecule has 0 N–H and O–H groups in total. The second kappa shape index (κ2) is 4.52. The van der Waals surface area contributed by atoms with Crippen LogP contribution in [0.5, 0.6) is 0 Å². The molecule has 0 fully saturated rings. The number of aryl methyl sites for hydroxylation is 1. The molecule has 0 atom stereocenters. The van der Waals surface area contributed by atoms with Gasteiger partial charge in [-0.2, -0.15) is 0 Å². The Hall–Kier alpha value is -1.31. The van der Waals surface area contributed by atoms with E-state index >= 15 is 0 Å². The van der Waals surface area contributed by atoms with Gasteiger partial charge in [0.1, 0.15) is 5.82 Å². The second-order valence-corrected chi connectivity index (χ2v) is 3.83. The van der Waals surface area contributed by atoms with Gasteiger partial charge in [-0.15, -0.1) is 24.0 Å². The second-order valence-electron chi connectivity index (χ2n) is 3.83. The average molecular weight is 345 g/mol. The number of aromatic nitrogens is 3. The van der Waals surface area contributed by atoms with Gasteiger partial charge in [-0.25, -0.2) is 9.97 Å². The van der Waals surface area contributed by atoms with E-state index in [-0.39, 0.29) is 43.3 Å². The van der Waals surface area contributed by atoms with Crippen molar-refractivity contribution in [3.8, 4) is 0 Å². The van der Waals surface area contributed by atoms with Gasteiger partial charge < -0.3 is 0 Å². The molecule has 2 aromatic heterocycles. The summed E-state index contributed by atoms with van der Waals surface area (Å²) in [6.45, 7) is 0.133. The first-order valence-electron chi connectivity index (χ1n) is 5.12. The minimum absolute atomic E-state index is 0. The van der Waals surface area contributed by atoms with Gasteiger partial charge in [-0.05, 0) is 12.1 Å². The zero-order valence-electron chi connectivity index (χ0n) is 8.92. The first kappa shape index (κ1) is 12.2. The number of pyridine rings is 1. The van der Waals surface area contributed by atoms with Crippen molar-refractivity contribution >= 4 is 40.8 Å². The summed E-state index contributed by atoms with van der Waals surface area (Å²) < 4.78 is 1.43. The molecule has 0 saturated carbocycles. The monoisotopic (exact) mass is 345 g/mol. The van der Waals surface area contributed by atoms with Gasteiger partial charge in [0.05, 0.1) is 12.1 Å². The van der Waals surface area contributed by atoms with E-state index < -0.39 is 0 Å². The number of nitrogens with zero attached hydrogens (tertiary/aromatic N) is 3. The van der Waals surface area contributed by atoms with E-state index in [2.05, 4.69) is 9.97 Å². The van der Waals surface area contributed by atoms with Crippen molar-refractivity contribution in [2.45, 2.75) is 19.4 Å². The quantitative estimate of drug-likeness (QED) is 0.673. The van der Waals surface area contributed by atoms with Crippen molar-refractivity contribution in [1.82, 2.24) is 14.5 Å². The zero-order valence-corrected chi connectivity index (χ0v) is 11.3. The summed E-state index contributed by atoms with van der Waals surface area (Å²) >= 11 is 0. The van der Waals surface area contributed by atoms with Crippen LogP contribution in [0.1, 0.15) is 13.7 Å². The number of hydrogen-bond acceptors (Lipinski definition) is 4. The van der Waals surface area contributed by atoms with Crippen molar-refractivity contribution in [2.24, 2.45) is 0 Å². The van der Waals surface area contributed by atoms with E-state index in [1.807, 2.05) is 0 Å². The first-order chi connectivity index (χ1) is 7.75. The molecule has 0 amide bonds. The number of ketones is 1. The molecule has 0 bridgehead atoms. The zero-order chi connectivity index (χ0) is 11.1. The Morgan fingerprint density at radius 2 is 2.12 bits per heavy atom. The molecule has 0 aliphatic carbocycles. The predicted molar refractivity (Wildman–Crippen MR) is 74.7 cm³/mol. The number of Topliss-reactive ketones (excluding diaryl/α,β-unsaturated/α-hetero) is 1. The topological polar surface area (TPSA) is 64.8 Å². The lowest BCUT2D eigenvalue weighted by molar-refractivity contribution is -0.120. The lowest BCUT2D eigenvalue weighted by Crippen LogP contribution is -2.33. The number of carbonyl (C=O) groups is 1. The van der Waals surface area contributed by atoms with Gasteiger partial charge in [0.2, 0.25) is 0 Å². The number of hydrogen-bond donors (Lipinski definition) is 0. The summed E-state index contributed by atoms with van der Waals surface area (Å²) in [5.74, 6) is 0.761. The maximum atomic E-state index is 12.0. The van der Waals surface area contributed by atoms with E-state index in [4.69, 9.17) is 0 Å². The molecule has 0 unspecified atom stereocenters. The van der Waals surface area contributed by atoms with E-state index in [0.29, 0.717) is 29.7 Å². The Labute approximate surface area is 115 Å². The van der Waals surface area contributed by atoms with Crippen LogP contribution in [-0.4, -0.2) is 20.3 Å². The van der Waals surface area contributed by atoms with Crippen molar-refractivity contribution in [1.29, 1.82) is 0 Å². The molecule has 3 rings (SSSR count). The fraction of sp³-hybridized carbons (Fsp3) is 0.273. The largest absolute Gasteiger partial charge is 0.298 e. The third-order valence-electron chi connectivity index (χ3n) is 2.76. The van der Waals surface area contributed by atoms with Crippen LogP contribution in [0.4, 0.5) is 0 Å². The molecule has 90 valence electrons. The van der Waals surface area contributed by atoms with Crippen LogP contribution in [0.2, 0.25) is 0 Å². The maximum Gasteiger partial charge on any atom is 0.280 e. The lowest BCUT2D eigenvalue weighted by atomic mass is 10.1. The molecule has 0 radical (unpaired) electrons. The van der Waals surface area contributed by atoms with Gasteiger partial charge in [-0.3, -0.25) is 14.2 Å². The highest BCUT2D eigenvalue weighted by molar-refractivity contribution is 14.0. The molecule has 1 aliphatic rings. The standard InChI is InChI=1S/C11H9N3O2.HI.H2/c15-7-3-4-9-13-8-2-1-5-12-10(8)11(16)14(9)6-7;;/h1-2,5H,3-4,6H2;2*1H. The van der Waals surface area contributed by atoms with Crippen molar-refractivity contribution in [3.05, 3.63) is 34.5 Å². The Bertz CT molecular complexity index is 656. The smallest absolute Gasteiger partial charge is 0.280 e. The molecular formula is C11H12IN3O2. The Kier molecular flexibility index (Phi) is 3.23. The van der Waals surface area contributed by atoms with E-state index in [1.54, 1.807) is 18.3 Å². The number of carbonyl (C=O) groups excluding carboxylic acids is 1. The van der Waals surface area contributed by atoms with Crippen LogP contribution >= 0.6 is 24.0 Å². The van der Waals surface area contributed by atoms with Gasteiger partial charge in [0.25, 0.3) is 5.56 Å². The van der Waals surface area contributed by atoms with Crippen LogP contribution in [0.3, 0.4) is 0 Å². The average Bonchev–Trinajstić information content (AvgIpc) is 2.31. The minimum atomic E-state index is -0.214. The van der Waals surface area contributed by atoms with Gasteiger partial charge >= 0.3 is 0 Å². The summed E-state index contributed by atoms with van der Waals surface area (Å²) in [5.41, 5.74) is 0.725. The van der Waals surface area contributed by atoms with Gasteiger partial charge in [0, 0.05) is 20.5 Å². The normalized spacial score (nSPS) is 14.2. The fourth-order valence-corrected chi connectivity index (χ4v) is 1.96. The third kappa shape index (κ3) is 1.97. The van der Waals surface area contributed by atoms with Crippen molar-refractivity contribution < 1.29 is 6.22 Å². The SMILES string of the molecule is I.O=C1CCc2nc3cccnc3c(=O)n2C1.[HH]. The van der Waals surface area contributed by atoms with E-state index in [1.165, 1.54) is 4.57 Å². The van der Waals surface area contributed by atoms with Gasteiger partial charge in [-0.1, -0.05) is 0 Å². The van der Waals surface area contributed by atoms with Crippen LogP contribution in [0.25, 0.3) is 11.0 Å². The van der Waals surface area contributed by atoms with Crippen LogP contribution in [0.15, 0.2) is 23.1 Å². The number of rotatable bonds is 0. The highest BCUT2D eigenvalue weighted by atomic mass is 127. The first-order valence-corrected chi connectivity index (χ1v) is 5.12. The van der Waals surface area contributed by atoms with E-state index in [9.17, 15) is 9.59 Å². The molecule has 0 aromatic carbocycles. The summed E-state index contributed by atoms with van der Waals surface area (Å²) in [6.07, 6.45) is 2.57. The Morgan fingerprint density at radius 3 is 2.94 bits per heavy atom. The summed E-state index contributed by atoms with van der Waals surface area (Å²) in [5, 5.41) is 0. The predicted octanol–water partition coefficient (Wildman–Crippen LogP) is 1.17. The van der Waals surface area contributed by atoms with E-state index in [0.717, 1.165) is 0 Å². The molecular weight excluding hydrogens is 333 g/mol. The number of fused-ring (bicyclic) bond motifs is 2. The summed E-state index contributed by atoms with van der Waals surface area (Å²) in [4.78, 5) is 31.7. The minimum Gasteiger partial charge on any atom is -0.298 e. The summed E-state index contributed by atoms with van der Waals surface area (Å²) in [6, 6.07) is 3.51. The molecule has 2 aromatic rings. The van der Waals surface area contributed by atoms with Crippen LogP contribution in [0, 0.1) is 0 Å². The fourth-order valence-electron chi connectivity index (χ4n) is 1.96. The molecule has 5 nitrogen and oxygen atoms in total. The van der Waals surface area contributed by atoms with Crippen LogP contribution < -0.4 is 5.56 Å². The highest BCUT2D eigenvalue weighted by Gasteiger charge is 2.19. The molecule has 17 heavy (non-hydrogen) atoms. The van der Waals surface area contributed by atoms with Crippen molar-refractivity contribution in [2.75, 3.05) is 0 Å². The molecule has 6 heteroatoms. The lowest BCUT2D eigenvalue weighted by Gasteiger charge is -2.16. The molecule has 0 spiro atoms. The molecule has 0 saturated heterocycles. The van der Waals surface area contributed by atoms with Crippen LogP contribution in [-0.2, 0) is 17.8 Å². The Balaban J connectivity index is 0.000000810. The Morgan fingerprint density at radius 1 is 1.29 bits per heavy atom. The third-order valence-corrected chi connectivity index (χ3v) is 2.76.